The van der Waals surface area contributed by atoms with Crippen molar-refractivity contribution in [3.8, 4) is 0 Å². The van der Waals surface area contributed by atoms with E-state index in [0.717, 1.165) is 30.4 Å². The van der Waals surface area contributed by atoms with E-state index in [1.54, 1.807) is 0 Å². The van der Waals surface area contributed by atoms with Crippen LogP contribution in [0, 0.1) is 11.6 Å². The lowest BCUT2D eigenvalue weighted by molar-refractivity contribution is 0.0934. The molecule has 3 rings (SSSR count). The molecule has 0 N–H and O–H groups in total. The van der Waals surface area contributed by atoms with E-state index in [0.29, 0.717) is 13.1 Å². The Kier molecular flexibility index (Phi) is 6.03. The van der Waals surface area contributed by atoms with Gasteiger partial charge in [0.1, 0.15) is 17.5 Å². The highest BCUT2D eigenvalue weighted by Gasteiger charge is 2.21. The third-order valence-corrected chi connectivity index (χ3v) is 4.95. The smallest absolute Gasteiger partial charge is 0.191 e. The number of hydrogen-bond acceptors (Lipinski definition) is 5. The Morgan fingerprint density at radius 3 is 2.68 bits per heavy atom. The lowest BCUT2D eigenvalue weighted by atomic mass is 10.2. The second kappa shape index (κ2) is 8.25. The summed E-state index contributed by atoms with van der Waals surface area (Å²) in [6.07, 6.45) is 4.23. The number of hydrogen-bond donors (Lipinski definition) is 0. The van der Waals surface area contributed by atoms with Crippen molar-refractivity contribution in [3.05, 3.63) is 41.2 Å². The van der Waals surface area contributed by atoms with Crippen molar-refractivity contribution in [2.45, 2.75) is 43.7 Å². The number of aromatic nitrogens is 3. The van der Waals surface area contributed by atoms with Gasteiger partial charge in [0.15, 0.2) is 5.16 Å². The Balaban J connectivity index is 1.72. The van der Waals surface area contributed by atoms with Crippen LogP contribution < -0.4 is 0 Å². The van der Waals surface area contributed by atoms with E-state index in [4.69, 9.17) is 4.74 Å². The van der Waals surface area contributed by atoms with Crippen LogP contribution in [-0.2, 0) is 24.4 Å². The maximum Gasteiger partial charge on any atom is 0.191 e. The van der Waals surface area contributed by atoms with E-state index in [9.17, 15) is 8.78 Å². The van der Waals surface area contributed by atoms with Gasteiger partial charge in [-0.05, 0) is 38.3 Å². The average molecular weight is 368 g/mol. The van der Waals surface area contributed by atoms with Gasteiger partial charge in [0, 0.05) is 18.7 Å². The molecule has 5 nitrogen and oxygen atoms in total. The largest absolute Gasteiger partial charge is 0.376 e. The quantitative estimate of drug-likeness (QED) is 0.703. The molecule has 1 aliphatic rings. The van der Waals surface area contributed by atoms with Crippen LogP contribution in [0.15, 0.2) is 23.4 Å². The third-order valence-electron chi connectivity index (χ3n) is 4.29. The Morgan fingerprint density at radius 2 is 2.04 bits per heavy atom. The lowest BCUT2D eigenvalue weighted by Gasteiger charge is -2.19. The molecule has 8 heteroatoms. The maximum absolute atomic E-state index is 13.8. The van der Waals surface area contributed by atoms with Gasteiger partial charge in [0.2, 0.25) is 0 Å². The number of thioether (sulfide) groups is 1. The fraction of sp³-hybridized carbons (Fsp3) is 0.529. The molecule has 1 aromatic carbocycles. The fourth-order valence-corrected chi connectivity index (χ4v) is 3.54. The van der Waals surface area contributed by atoms with Crippen molar-refractivity contribution in [2.75, 3.05) is 19.9 Å². The second-order valence-electron chi connectivity index (χ2n) is 6.22. The average Bonchev–Trinajstić information content (AvgIpc) is 3.22. The summed E-state index contributed by atoms with van der Waals surface area (Å²) in [5, 5.41) is 9.31. The number of ether oxygens (including phenoxy) is 1. The number of benzene rings is 1. The number of rotatable bonds is 7. The van der Waals surface area contributed by atoms with Gasteiger partial charge in [0.05, 0.1) is 19.2 Å². The summed E-state index contributed by atoms with van der Waals surface area (Å²) in [6.45, 7) is 2.12. The van der Waals surface area contributed by atoms with Gasteiger partial charge in [-0.2, -0.15) is 0 Å². The molecule has 1 atom stereocenters. The van der Waals surface area contributed by atoms with Crippen LogP contribution in [0.1, 0.15) is 24.2 Å². The van der Waals surface area contributed by atoms with E-state index >= 15 is 0 Å². The second-order valence-corrected chi connectivity index (χ2v) is 6.99. The van der Waals surface area contributed by atoms with Crippen LogP contribution in [0.25, 0.3) is 0 Å². The topological polar surface area (TPSA) is 43.2 Å². The SMILES string of the molecule is CSc1nnc(CN(C)Cc2c(F)cccc2F)n1C[C@@H]1CCCO1. The van der Waals surface area contributed by atoms with Gasteiger partial charge in [-0.1, -0.05) is 17.8 Å². The van der Waals surface area contributed by atoms with Gasteiger partial charge in [-0.25, -0.2) is 8.78 Å². The van der Waals surface area contributed by atoms with Crippen LogP contribution >= 0.6 is 11.8 Å². The van der Waals surface area contributed by atoms with Gasteiger partial charge < -0.3 is 9.30 Å². The van der Waals surface area contributed by atoms with Crippen LogP contribution in [0.2, 0.25) is 0 Å². The van der Waals surface area contributed by atoms with Crippen LogP contribution in [0.3, 0.4) is 0 Å². The van der Waals surface area contributed by atoms with E-state index in [1.807, 2.05) is 18.2 Å². The van der Waals surface area contributed by atoms with Crippen molar-refractivity contribution in [2.24, 2.45) is 0 Å². The normalized spacial score (nSPS) is 17.6. The molecule has 1 aromatic heterocycles. The third kappa shape index (κ3) is 4.37. The van der Waals surface area contributed by atoms with Crippen molar-refractivity contribution in [1.29, 1.82) is 0 Å². The zero-order valence-corrected chi connectivity index (χ0v) is 15.2. The zero-order chi connectivity index (χ0) is 17.8. The highest BCUT2D eigenvalue weighted by molar-refractivity contribution is 7.98. The molecule has 0 aliphatic carbocycles. The van der Waals surface area contributed by atoms with Gasteiger partial charge in [-0.3, -0.25) is 4.90 Å². The molecule has 1 saturated heterocycles. The van der Waals surface area contributed by atoms with Gasteiger partial charge in [-0.15, -0.1) is 10.2 Å². The highest BCUT2D eigenvalue weighted by Crippen LogP contribution is 2.21. The molecule has 0 bridgehead atoms. The zero-order valence-electron chi connectivity index (χ0n) is 14.4. The first-order valence-electron chi connectivity index (χ1n) is 8.27. The summed E-state index contributed by atoms with van der Waals surface area (Å²) >= 11 is 1.53. The maximum atomic E-state index is 13.8. The molecule has 0 amide bonds. The summed E-state index contributed by atoms with van der Waals surface area (Å²) < 4.78 is 35.4. The van der Waals surface area contributed by atoms with Crippen molar-refractivity contribution < 1.29 is 13.5 Å². The monoisotopic (exact) mass is 368 g/mol. The minimum absolute atomic E-state index is 0.0697. The van der Waals surface area contributed by atoms with E-state index < -0.39 is 11.6 Å². The standard InChI is InChI=1S/C17H22F2N4OS/c1-22(10-13-14(18)6-3-7-15(13)19)11-16-20-21-17(25-2)23(16)9-12-5-4-8-24-12/h3,6-7,12H,4-5,8-11H2,1-2H3/t12-/m0/s1. The minimum Gasteiger partial charge on any atom is -0.376 e. The summed E-state index contributed by atoms with van der Waals surface area (Å²) in [5.74, 6) is -0.283. The molecule has 0 radical (unpaired) electrons. The predicted octanol–water partition coefficient (Wildman–Crippen LogP) is 3.09. The van der Waals surface area contributed by atoms with E-state index in [-0.39, 0.29) is 18.2 Å². The molecule has 136 valence electrons. The van der Waals surface area contributed by atoms with Crippen molar-refractivity contribution in [1.82, 2.24) is 19.7 Å². The Morgan fingerprint density at radius 1 is 1.28 bits per heavy atom. The Labute approximate surface area is 150 Å². The number of halogens is 2. The molecule has 1 aliphatic heterocycles. The summed E-state index contributed by atoms with van der Waals surface area (Å²) in [6, 6.07) is 3.92. The molecule has 2 aromatic rings. The molecule has 2 heterocycles. The van der Waals surface area contributed by atoms with Crippen LogP contribution in [-0.4, -0.2) is 45.7 Å². The molecule has 0 unspecified atom stereocenters. The van der Waals surface area contributed by atoms with E-state index in [2.05, 4.69) is 14.8 Å². The molecule has 0 spiro atoms. The van der Waals surface area contributed by atoms with Crippen molar-refractivity contribution in [3.63, 3.8) is 0 Å². The van der Waals surface area contributed by atoms with Crippen LogP contribution in [0.4, 0.5) is 8.78 Å². The summed E-state index contributed by atoms with van der Waals surface area (Å²) in [7, 11) is 1.82. The molecule has 0 saturated carbocycles. The van der Waals surface area contributed by atoms with E-state index in [1.165, 1.54) is 30.0 Å². The van der Waals surface area contributed by atoms with Crippen LogP contribution in [0.5, 0.6) is 0 Å². The lowest BCUT2D eigenvalue weighted by Crippen LogP contribution is -2.24. The first-order chi connectivity index (χ1) is 12.1. The molecule has 1 fully saturated rings. The van der Waals surface area contributed by atoms with Gasteiger partial charge >= 0.3 is 0 Å². The predicted molar refractivity (Wildman–Crippen MR) is 92.3 cm³/mol. The summed E-state index contributed by atoms with van der Waals surface area (Å²) in [4.78, 5) is 1.83. The number of nitrogens with zero attached hydrogens (tertiary/aromatic N) is 4. The highest BCUT2D eigenvalue weighted by atomic mass is 32.2. The van der Waals surface area contributed by atoms with Gasteiger partial charge in [0.25, 0.3) is 0 Å². The minimum atomic E-state index is -0.530. The van der Waals surface area contributed by atoms with Crippen molar-refractivity contribution >= 4 is 11.8 Å². The summed E-state index contributed by atoms with van der Waals surface area (Å²) in [5.41, 5.74) is 0.0697. The Bertz CT molecular complexity index is 698. The molecular weight excluding hydrogens is 346 g/mol. The molecule has 25 heavy (non-hydrogen) atoms. The first kappa shape index (κ1) is 18.3. The Hall–Kier alpha value is -1.51. The molecular formula is C17H22F2N4OS. The fourth-order valence-electron chi connectivity index (χ4n) is 3.01. The first-order valence-corrected chi connectivity index (χ1v) is 9.50.